The number of halogens is 1. The lowest BCUT2D eigenvalue weighted by atomic mass is 9.90. The van der Waals surface area contributed by atoms with Gasteiger partial charge in [0.2, 0.25) is 0 Å². The Hall–Kier alpha value is -1.09. The largest absolute Gasteiger partial charge is 0.497 e. The van der Waals surface area contributed by atoms with Crippen molar-refractivity contribution in [2.45, 2.75) is 25.3 Å². The maximum atomic E-state index is 13.7. The van der Waals surface area contributed by atoms with Gasteiger partial charge in [0.1, 0.15) is 11.6 Å². The normalized spacial score (nSPS) is 25.5. The lowest BCUT2D eigenvalue weighted by Crippen LogP contribution is -2.34. The average Bonchev–Trinajstić information content (AvgIpc) is 2.67. The summed E-state index contributed by atoms with van der Waals surface area (Å²) in [6.45, 7) is 2.99. The molecule has 1 aliphatic heterocycles. The van der Waals surface area contributed by atoms with E-state index in [1.54, 1.807) is 19.2 Å². The van der Waals surface area contributed by atoms with Crippen molar-refractivity contribution in [1.29, 1.82) is 0 Å². The Labute approximate surface area is 89.4 Å². The highest BCUT2D eigenvalue weighted by Gasteiger charge is 2.32. The van der Waals surface area contributed by atoms with Crippen LogP contribution in [0, 0.1) is 5.82 Å². The Morgan fingerprint density at radius 1 is 1.47 bits per heavy atom. The van der Waals surface area contributed by atoms with Crippen LogP contribution in [-0.2, 0) is 5.54 Å². The van der Waals surface area contributed by atoms with E-state index in [1.165, 1.54) is 6.07 Å². The molecule has 1 aromatic rings. The Kier molecular flexibility index (Phi) is 2.65. The van der Waals surface area contributed by atoms with Crippen molar-refractivity contribution in [3.8, 4) is 5.75 Å². The first-order chi connectivity index (χ1) is 7.15. The molecule has 82 valence electrons. The highest BCUT2D eigenvalue weighted by atomic mass is 19.1. The van der Waals surface area contributed by atoms with Gasteiger partial charge in [0, 0.05) is 11.1 Å². The van der Waals surface area contributed by atoms with Crippen LogP contribution in [-0.4, -0.2) is 13.7 Å². The van der Waals surface area contributed by atoms with Crippen LogP contribution in [0.3, 0.4) is 0 Å². The number of ether oxygens (including phenoxy) is 1. The molecule has 15 heavy (non-hydrogen) atoms. The first kappa shape index (κ1) is 10.4. The molecular formula is C12H16FNO. The molecule has 0 spiro atoms. The molecule has 1 heterocycles. The summed E-state index contributed by atoms with van der Waals surface area (Å²) in [6, 6.07) is 4.91. The zero-order valence-corrected chi connectivity index (χ0v) is 9.14. The topological polar surface area (TPSA) is 21.3 Å². The van der Waals surface area contributed by atoms with Crippen molar-refractivity contribution in [3.63, 3.8) is 0 Å². The van der Waals surface area contributed by atoms with Crippen molar-refractivity contribution in [2.24, 2.45) is 0 Å². The molecule has 3 heteroatoms. The molecule has 1 atom stereocenters. The van der Waals surface area contributed by atoms with Crippen molar-refractivity contribution in [2.75, 3.05) is 13.7 Å². The summed E-state index contributed by atoms with van der Waals surface area (Å²) in [7, 11) is 1.60. The third kappa shape index (κ3) is 1.84. The van der Waals surface area contributed by atoms with Gasteiger partial charge in [-0.25, -0.2) is 4.39 Å². The summed E-state index contributed by atoms with van der Waals surface area (Å²) in [5.41, 5.74) is 0.470. The summed E-state index contributed by atoms with van der Waals surface area (Å²) in [6.07, 6.45) is 2.06. The fourth-order valence-corrected chi connectivity index (χ4v) is 2.18. The molecule has 1 fully saturated rings. The Morgan fingerprint density at radius 2 is 2.27 bits per heavy atom. The molecule has 0 amide bonds. The zero-order valence-electron chi connectivity index (χ0n) is 9.14. The second kappa shape index (κ2) is 3.81. The smallest absolute Gasteiger partial charge is 0.128 e. The summed E-state index contributed by atoms with van der Waals surface area (Å²) < 4.78 is 18.8. The van der Waals surface area contributed by atoms with E-state index in [9.17, 15) is 4.39 Å². The predicted molar refractivity (Wildman–Crippen MR) is 57.5 cm³/mol. The van der Waals surface area contributed by atoms with Gasteiger partial charge in [-0.2, -0.15) is 0 Å². The number of methoxy groups -OCH3 is 1. The fraction of sp³-hybridized carbons (Fsp3) is 0.500. The van der Waals surface area contributed by atoms with Gasteiger partial charge in [-0.15, -0.1) is 0 Å². The molecule has 1 saturated heterocycles. The van der Waals surface area contributed by atoms with Gasteiger partial charge in [-0.1, -0.05) is 0 Å². The maximum absolute atomic E-state index is 13.7. The van der Waals surface area contributed by atoms with Crippen molar-refractivity contribution in [1.82, 2.24) is 5.32 Å². The third-order valence-electron chi connectivity index (χ3n) is 3.14. The standard InChI is InChI=1S/C12H16FNO/c1-12(6-3-7-14-12)10-8-9(15-2)4-5-11(10)13/h4-5,8,14H,3,6-7H2,1-2H3. The fourth-order valence-electron chi connectivity index (χ4n) is 2.18. The van der Waals surface area contributed by atoms with Gasteiger partial charge in [0.05, 0.1) is 7.11 Å². The van der Waals surface area contributed by atoms with E-state index < -0.39 is 0 Å². The number of rotatable bonds is 2. The summed E-state index contributed by atoms with van der Waals surface area (Å²) in [5.74, 6) is 0.550. The molecule has 2 nitrogen and oxygen atoms in total. The molecule has 1 N–H and O–H groups in total. The van der Waals surface area contributed by atoms with Gasteiger partial charge in [0.15, 0.2) is 0 Å². The molecule has 2 rings (SSSR count). The van der Waals surface area contributed by atoms with E-state index in [4.69, 9.17) is 4.74 Å². The van der Waals surface area contributed by atoms with E-state index >= 15 is 0 Å². The molecule has 1 aromatic carbocycles. The van der Waals surface area contributed by atoms with E-state index in [2.05, 4.69) is 5.32 Å². The lowest BCUT2D eigenvalue weighted by Gasteiger charge is -2.25. The van der Waals surface area contributed by atoms with Crippen LogP contribution >= 0.6 is 0 Å². The Balaban J connectivity index is 2.41. The van der Waals surface area contributed by atoms with Crippen LogP contribution in [0.15, 0.2) is 18.2 Å². The molecule has 0 saturated carbocycles. The number of benzene rings is 1. The number of hydrogen-bond donors (Lipinski definition) is 1. The van der Waals surface area contributed by atoms with E-state index in [0.717, 1.165) is 19.4 Å². The molecular weight excluding hydrogens is 193 g/mol. The Morgan fingerprint density at radius 3 is 2.87 bits per heavy atom. The van der Waals surface area contributed by atoms with Gasteiger partial charge >= 0.3 is 0 Å². The van der Waals surface area contributed by atoms with Gasteiger partial charge in [0.25, 0.3) is 0 Å². The van der Waals surface area contributed by atoms with Crippen LogP contribution in [0.4, 0.5) is 4.39 Å². The van der Waals surface area contributed by atoms with Crippen molar-refractivity contribution in [3.05, 3.63) is 29.6 Å². The summed E-state index contributed by atoms with van der Waals surface area (Å²) in [4.78, 5) is 0. The first-order valence-electron chi connectivity index (χ1n) is 5.25. The molecule has 0 aliphatic carbocycles. The van der Waals surface area contributed by atoms with E-state index in [1.807, 2.05) is 6.92 Å². The highest BCUT2D eigenvalue weighted by molar-refractivity contribution is 5.35. The predicted octanol–water partition coefficient (Wildman–Crippen LogP) is 2.43. The van der Waals surface area contributed by atoms with Crippen LogP contribution in [0.5, 0.6) is 5.75 Å². The van der Waals surface area contributed by atoms with Gasteiger partial charge < -0.3 is 10.1 Å². The SMILES string of the molecule is COc1ccc(F)c(C2(C)CCCN2)c1. The number of nitrogens with one attached hydrogen (secondary N) is 1. The van der Waals surface area contributed by atoms with Crippen LogP contribution in [0.1, 0.15) is 25.3 Å². The molecule has 1 aliphatic rings. The Bertz CT molecular complexity index is 359. The van der Waals surface area contributed by atoms with E-state index in [0.29, 0.717) is 11.3 Å². The van der Waals surface area contributed by atoms with Crippen molar-refractivity contribution >= 4 is 0 Å². The monoisotopic (exact) mass is 209 g/mol. The van der Waals surface area contributed by atoms with Crippen LogP contribution in [0.25, 0.3) is 0 Å². The molecule has 0 radical (unpaired) electrons. The lowest BCUT2D eigenvalue weighted by molar-refractivity contribution is 0.391. The van der Waals surface area contributed by atoms with Crippen LogP contribution in [0.2, 0.25) is 0 Å². The second-order valence-corrected chi connectivity index (χ2v) is 4.21. The van der Waals surface area contributed by atoms with Crippen LogP contribution < -0.4 is 10.1 Å². The maximum Gasteiger partial charge on any atom is 0.128 e. The molecule has 0 aromatic heterocycles. The van der Waals surface area contributed by atoms with Crippen molar-refractivity contribution < 1.29 is 9.13 Å². The average molecular weight is 209 g/mol. The highest BCUT2D eigenvalue weighted by Crippen LogP contribution is 2.33. The quantitative estimate of drug-likeness (QED) is 0.807. The minimum Gasteiger partial charge on any atom is -0.497 e. The third-order valence-corrected chi connectivity index (χ3v) is 3.14. The minimum atomic E-state index is -0.237. The minimum absolute atomic E-state index is 0.160. The number of hydrogen-bond acceptors (Lipinski definition) is 2. The summed E-state index contributed by atoms with van der Waals surface area (Å²) in [5, 5.41) is 3.35. The molecule has 0 bridgehead atoms. The summed E-state index contributed by atoms with van der Waals surface area (Å²) >= 11 is 0. The van der Waals surface area contributed by atoms with E-state index in [-0.39, 0.29) is 11.4 Å². The zero-order chi connectivity index (χ0) is 10.9. The first-order valence-corrected chi connectivity index (χ1v) is 5.25. The van der Waals surface area contributed by atoms with Gasteiger partial charge in [-0.3, -0.25) is 0 Å². The molecule has 1 unspecified atom stereocenters. The second-order valence-electron chi connectivity index (χ2n) is 4.21. The van der Waals surface area contributed by atoms with Gasteiger partial charge in [-0.05, 0) is 44.5 Å².